The number of anilines is 1. The number of carbonyl (C=O) groups excluding carboxylic acids is 1. The number of rotatable bonds is 1. The van der Waals surface area contributed by atoms with Crippen molar-refractivity contribution >= 4 is 11.6 Å². The third kappa shape index (κ3) is 2.53. The van der Waals surface area contributed by atoms with Crippen molar-refractivity contribution in [1.29, 1.82) is 0 Å². The molecular formula is C17H24N2O2. The van der Waals surface area contributed by atoms with Crippen molar-refractivity contribution in [3.8, 4) is 0 Å². The lowest BCUT2D eigenvalue weighted by atomic mass is 9.87. The standard InChI is InChI=1S/C17H24N2O2/c1-10-11(2)21-12(3)16(10)17(20)19-7-6-13-4-5-15(18)8-14(13)9-19/h4-5,8,10-12,16H,6-7,9,18H2,1-3H3. The van der Waals surface area contributed by atoms with Crippen LogP contribution in [0.2, 0.25) is 0 Å². The average molecular weight is 288 g/mol. The molecule has 4 unspecified atom stereocenters. The number of nitrogens with two attached hydrogens (primary N) is 1. The summed E-state index contributed by atoms with van der Waals surface area (Å²) >= 11 is 0. The molecule has 4 heteroatoms. The first-order valence-corrected chi connectivity index (χ1v) is 7.79. The van der Waals surface area contributed by atoms with Gasteiger partial charge in [0.1, 0.15) is 0 Å². The second-order valence-electron chi connectivity index (χ2n) is 6.47. The first kappa shape index (κ1) is 14.4. The predicted molar refractivity (Wildman–Crippen MR) is 82.6 cm³/mol. The molecule has 2 aliphatic heterocycles. The van der Waals surface area contributed by atoms with Gasteiger partial charge in [0.2, 0.25) is 5.91 Å². The van der Waals surface area contributed by atoms with Gasteiger partial charge >= 0.3 is 0 Å². The zero-order chi connectivity index (χ0) is 15.1. The van der Waals surface area contributed by atoms with Gasteiger partial charge in [-0.05, 0) is 49.4 Å². The van der Waals surface area contributed by atoms with Crippen LogP contribution >= 0.6 is 0 Å². The van der Waals surface area contributed by atoms with Gasteiger partial charge in [0.15, 0.2) is 0 Å². The van der Waals surface area contributed by atoms with Crippen molar-refractivity contribution in [2.75, 3.05) is 12.3 Å². The molecule has 0 aromatic heterocycles. The van der Waals surface area contributed by atoms with Crippen LogP contribution in [0.15, 0.2) is 18.2 Å². The number of amides is 1. The third-order valence-electron chi connectivity index (χ3n) is 5.08. The molecule has 21 heavy (non-hydrogen) atoms. The highest BCUT2D eigenvalue weighted by atomic mass is 16.5. The second kappa shape index (κ2) is 5.34. The Labute approximate surface area is 126 Å². The highest BCUT2D eigenvalue weighted by molar-refractivity contribution is 5.80. The molecule has 3 rings (SSSR count). The molecule has 0 spiro atoms. The number of fused-ring (bicyclic) bond motifs is 1. The fourth-order valence-electron chi connectivity index (χ4n) is 3.67. The molecule has 4 nitrogen and oxygen atoms in total. The lowest BCUT2D eigenvalue weighted by Crippen LogP contribution is -2.43. The summed E-state index contributed by atoms with van der Waals surface area (Å²) in [6.45, 7) is 7.65. The highest BCUT2D eigenvalue weighted by Gasteiger charge is 2.43. The fourth-order valence-corrected chi connectivity index (χ4v) is 3.67. The Hall–Kier alpha value is -1.55. The molecule has 1 aromatic carbocycles. The summed E-state index contributed by atoms with van der Waals surface area (Å²) in [6, 6.07) is 6.01. The van der Waals surface area contributed by atoms with E-state index in [0.29, 0.717) is 6.54 Å². The number of nitrogens with zero attached hydrogens (tertiary/aromatic N) is 1. The topological polar surface area (TPSA) is 55.6 Å². The number of ether oxygens (including phenoxy) is 1. The molecule has 1 amide bonds. The fraction of sp³-hybridized carbons (Fsp3) is 0.588. The zero-order valence-electron chi connectivity index (χ0n) is 13.0. The van der Waals surface area contributed by atoms with Gasteiger partial charge in [-0.25, -0.2) is 0 Å². The summed E-state index contributed by atoms with van der Waals surface area (Å²) in [7, 11) is 0. The van der Waals surface area contributed by atoms with Crippen molar-refractivity contribution in [3.05, 3.63) is 29.3 Å². The molecule has 2 heterocycles. The van der Waals surface area contributed by atoms with E-state index in [1.165, 1.54) is 11.1 Å². The molecule has 0 radical (unpaired) electrons. The lowest BCUT2D eigenvalue weighted by Gasteiger charge is -2.32. The minimum absolute atomic E-state index is 0.00439. The predicted octanol–water partition coefficient (Wildman–Crippen LogP) is 2.21. The maximum Gasteiger partial charge on any atom is 0.228 e. The van der Waals surface area contributed by atoms with Crippen molar-refractivity contribution in [2.45, 2.75) is 45.9 Å². The average Bonchev–Trinajstić information content (AvgIpc) is 2.70. The van der Waals surface area contributed by atoms with Gasteiger partial charge in [-0.2, -0.15) is 0 Å². The molecule has 4 atom stereocenters. The van der Waals surface area contributed by atoms with E-state index in [2.05, 4.69) is 19.9 Å². The first-order valence-electron chi connectivity index (χ1n) is 7.79. The largest absolute Gasteiger partial charge is 0.399 e. The number of benzene rings is 1. The van der Waals surface area contributed by atoms with E-state index in [9.17, 15) is 4.79 Å². The maximum absolute atomic E-state index is 12.9. The number of hydrogen-bond donors (Lipinski definition) is 1. The summed E-state index contributed by atoms with van der Waals surface area (Å²) in [5, 5.41) is 0. The van der Waals surface area contributed by atoms with Gasteiger partial charge in [-0.15, -0.1) is 0 Å². The Balaban J connectivity index is 1.78. The molecule has 1 aromatic rings. The summed E-state index contributed by atoms with van der Waals surface area (Å²) in [4.78, 5) is 14.8. The Kier molecular flexibility index (Phi) is 3.66. The van der Waals surface area contributed by atoms with Gasteiger partial charge < -0.3 is 15.4 Å². The minimum Gasteiger partial charge on any atom is -0.399 e. The van der Waals surface area contributed by atoms with Crippen LogP contribution in [-0.2, 0) is 22.5 Å². The molecule has 2 N–H and O–H groups in total. The molecular weight excluding hydrogens is 264 g/mol. The van der Waals surface area contributed by atoms with Gasteiger partial charge in [0, 0.05) is 18.8 Å². The quantitative estimate of drug-likeness (QED) is 0.806. The third-order valence-corrected chi connectivity index (χ3v) is 5.08. The van der Waals surface area contributed by atoms with Crippen molar-refractivity contribution in [3.63, 3.8) is 0 Å². The monoisotopic (exact) mass is 288 g/mol. The highest BCUT2D eigenvalue weighted by Crippen LogP contribution is 2.34. The van der Waals surface area contributed by atoms with E-state index < -0.39 is 0 Å². The van der Waals surface area contributed by atoms with Crippen LogP contribution in [0.1, 0.15) is 31.9 Å². The van der Waals surface area contributed by atoms with E-state index in [0.717, 1.165) is 18.7 Å². The van der Waals surface area contributed by atoms with Gasteiger partial charge in [0.25, 0.3) is 0 Å². The van der Waals surface area contributed by atoms with Gasteiger partial charge in [-0.3, -0.25) is 4.79 Å². The van der Waals surface area contributed by atoms with E-state index in [-0.39, 0.29) is 30.0 Å². The minimum atomic E-state index is -0.0254. The first-order chi connectivity index (χ1) is 9.97. The van der Waals surface area contributed by atoms with Crippen molar-refractivity contribution < 1.29 is 9.53 Å². The van der Waals surface area contributed by atoms with Crippen LogP contribution in [0, 0.1) is 11.8 Å². The lowest BCUT2D eigenvalue weighted by molar-refractivity contribution is -0.138. The smallest absolute Gasteiger partial charge is 0.228 e. The molecule has 0 saturated carbocycles. The van der Waals surface area contributed by atoms with Crippen LogP contribution in [0.3, 0.4) is 0 Å². The summed E-state index contributed by atoms with van der Waals surface area (Å²) in [6.07, 6.45) is 1.07. The Morgan fingerprint density at radius 3 is 2.67 bits per heavy atom. The van der Waals surface area contributed by atoms with Crippen LogP contribution < -0.4 is 5.73 Å². The summed E-state index contributed by atoms with van der Waals surface area (Å²) in [5.74, 6) is 0.477. The van der Waals surface area contributed by atoms with E-state index in [1.807, 2.05) is 24.0 Å². The number of nitrogen functional groups attached to an aromatic ring is 1. The van der Waals surface area contributed by atoms with Gasteiger partial charge in [-0.1, -0.05) is 13.0 Å². The van der Waals surface area contributed by atoms with Crippen LogP contribution in [-0.4, -0.2) is 29.6 Å². The second-order valence-corrected chi connectivity index (χ2v) is 6.47. The van der Waals surface area contributed by atoms with E-state index in [1.54, 1.807) is 0 Å². The summed E-state index contributed by atoms with van der Waals surface area (Å²) in [5.41, 5.74) is 9.12. The molecule has 114 valence electrons. The van der Waals surface area contributed by atoms with E-state index >= 15 is 0 Å². The maximum atomic E-state index is 12.9. The molecule has 0 bridgehead atoms. The van der Waals surface area contributed by atoms with Crippen LogP contribution in [0.4, 0.5) is 5.69 Å². The number of hydrogen-bond acceptors (Lipinski definition) is 3. The van der Waals surface area contributed by atoms with Crippen LogP contribution in [0.5, 0.6) is 0 Å². The Morgan fingerprint density at radius 1 is 1.24 bits per heavy atom. The molecule has 1 fully saturated rings. The van der Waals surface area contributed by atoms with E-state index in [4.69, 9.17) is 10.5 Å². The van der Waals surface area contributed by atoms with Crippen molar-refractivity contribution in [2.24, 2.45) is 11.8 Å². The molecule has 1 saturated heterocycles. The Morgan fingerprint density at radius 2 is 2.00 bits per heavy atom. The van der Waals surface area contributed by atoms with Crippen molar-refractivity contribution in [1.82, 2.24) is 4.90 Å². The molecule has 2 aliphatic rings. The van der Waals surface area contributed by atoms with Crippen LogP contribution in [0.25, 0.3) is 0 Å². The SMILES string of the molecule is CC1OC(C)C(C(=O)N2CCc3ccc(N)cc3C2)C1C. The summed E-state index contributed by atoms with van der Waals surface area (Å²) < 4.78 is 5.82. The van der Waals surface area contributed by atoms with Gasteiger partial charge in [0.05, 0.1) is 18.1 Å². The molecule has 0 aliphatic carbocycles. The zero-order valence-corrected chi connectivity index (χ0v) is 13.0. The Bertz CT molecular complexity index is 558. The number of carbonyl (C=O) groups is 1. The normalized spacial score (nSPS) is 32.0.